The number of carbonyl (C=O) groups is 3. The maximum atomic E-state index is 13.0. The van der Waals surface area contributed by atoms with Crippen LogP contribution in [0.2, 0.25) is 0 Å². The third kappa shape index (κ3) is 11.3. The molecular weight excluding hydrogens is 662 g/mol. The summed E-state index contributed by atoms with van der Waals surface area (Å²) in [5.74, 6) is -1.31. The van der Waals surface area contributed by atoms with Crippen molar-refractivity contribution in [2.24, 2.45) is 0 Å². The Morgan fingerprint density at radius 3 is 2.02 bits per heavy atom. The van der Waals surface area contributed by atoms with Gasteiger partial charge in [0, 0.05) is 12.8 Å². The number of nitrogens with zero attached hydrogens (tertiary/aromatic N) is 3. The van der Waals surface area contributed by atoms with Crippen molar-refractivity contribution in [1.29, 1.82) is 0 Å². The average Bonchev–Trinajstić information content (AvgIpc) is 3.77. The van der Waals surface area contributed by atoms with Crippen molar-refractivity contribution in [1.82, 2.24) is 19.5 Å². The molecular formula is C40H51N5O7. The number of unbranched alkanes of at least 4 members (excludes halogenated alkanes) is 12. The summed E-state index contributed by atoms with van der Waals surface area (Å²) in [7, 11) is 0. The maximum Gasteiger partial charge on any atom is 0.338 e. The number of esters is 2. The second kappa shape index (κ2) is 20.3. The van der Waals surface area contributed by atoms with Crippen LogP contribution in [0.15, 0.2) is 71.8 Å². The van der Waals surface area contributed by atoms with Crippen LogP contribution in [0.4, 0.5) is 5.95 Å². The first-order valence-electron chi connectivity index (χ1n) is 18.8. The van der Waals surface area contributed by atoms with E-state index < -0.39 is 35.9 Å². The third-order valence-electron chi connectivity index (χ3n) is 9.34. The maximum absolute atomic E-state index is 13.0. The molecule has 3 atom stereocenters. The van der Waals surface area contributed by atoms with Crippen LogP contribution in [0.5, 0.6) is 0 Å². The molecule has 2 N–H and O–H groups in total. The number of aromatic nitrogens is 4. The van der Waals surface area contributed by atoms with Crippen LogP contribution in [0.3, 0.4) is 0 Å². The van der Waals surface area contributed by atoms with Gasteiger partial charge in [0.05, 0.1) is 17.5 Å². The van der Waals surface area contributed by atoms with Gasteiger partial charge in [0.15, 0.2) is 11.2 Å². The molecule has 5 rings (SSSR count). The van der Waals surface area contributed by atoms with Gasteiger partial charge in [-0.3, -0.25) is 24.5 Å². The van der Waals surface area contributed by atoms with Crippen molar-refractivity contribution in [2.45, 2.75) is 122 Å². The Bertz CT molecular complexity index is 1780. The molecule has 0 unspecified atom stereocenters. The largest absolute Gasteiger partial charge is 0.459 e. The zero-order valence-electron chi connectivity index (χ0n) is 30.1. The predicted octanol–water partition coefficient (Wildman–Crippen LogP) is 7.91. The van der Waals surface area contributed by atoms with Gasteiger partial charge in [0.1, 0.15) is 25.0 Å². The Labute approximate surface area is 304 Å². The minimum Gasteiger partial charge on any atom is -0.459 e. The first-order valence-corrected chi connectivity index (χ1v) is 18.8. The molecule has 1 amide bonds. The minimum atomic E-state index is -0.815. The van der Waals surface area contributed by atoms with Gasteiger partial charge in [-0.1, -0.05) is 120 Å². The Kier molecular flexibility index (Phi) is 15.0. The number of aromatic amines is 1. The third-order valence-corrected chi connectivity index (χ3v) is 9.34. The summed E-state index contributed by atoms with van der Waals surface area (Å²) < 4.78 is 19.2. The summed E-state index contributed by atoms with van der Waals surface area (Å²) in [6.45, 7) is 2.06. The Morgan fingerprint density at radius 1 is 0.827 bits per heavy atom. The zero-order valence-corrected chi connectivity index (χ0v) is 30.1. The number of H-pyrrole nitrogens is 1. The van der Waals surface area contributed by atoms with Gasteiger partial charge in [-0.2, -0.15) is 4.98 Å². The van der Waals surface area contributed by atoms with Crippen molar-refractivity contribution < 1.29 is 28.6 Å². The lowest BCUT2D eigenvalue weighted by Crippen LogP contribution is -2.32. The van der Waals surface area contributed by atoms with Crippen molar-refractivity contribution in [3.8, 4) is 0 Å². The summed E-state index contributed by atoms with van der Waals surface area (Å²) in [5.41, 5.74) is 0.488. The number of benzene rings is 2. The van der Waals surface area contributed by atoms with Crippen LogP contribution in [0, 0.1) is 0 Å². The Hall–Kier alpha value is -4.84. The van der Waals surface area contributed by atoms with E-state index in [1.165, 1.54) is 70.5 Å². The highest BCUT2D eigenvalue weighted by atomic mass is 16.6. The van der Waals surface area contributed by atoms with E-state index in [0.717, 1.165) is 19.3 Å². The van der Waals surface area contributed by atoms with E-state index >= 15 is 0 Å². The molecule has 52 heavy (non-hydrogen) atoms. The minimum absolute atomic E-state index is 0.0114. The summed E-state index contributed by atoms with van der Waals surface area (Å²) in [6.07, 6.45) is 15.4. The second-order valence-electron chi connectivity index (χ2n) is 13.4. The number of amides is 1. The fourth-order valence-corrected chi connectivity index (χ4v) is 6.43. The SMILES string of the molecule is CCCCCCCCCCCCCCCC(=O)Nc1nc2c(ncn2[C@H]2C[C@@H](OC(=O)c3ccccc3)[C@H](COC(=O)c3ccccc3)O2)c(=O)[nH]1. The number of fused-ring (bicyclic) bond motifs is 1. The lowest BCUT2D eigenvalue weighted by Gasteiger charge is -2.19. The predicted molar refractivity (Wildman–Crippen MR) is 198 cm³/mol. The lowest BCUT2D eigenvalue weighted by molar-refractivity contribution is -0.116. The first kappa shape index (κ1) is 38.4. The number of carbonyl (C=O) groups excluding carboxylic acids is 3. The molecule has 1 fully saturated rings. The monoisotopic (exact) mass is 713 g/mol. The molecule has 1 aliphatic rings. The molecule has 0 radical (unpaired) electrons. The molecule has 12 nitrogen and oxygen atoms in total. The van der Waals surface area contributed by atoms with E-state index in [4.69, 9.17) is 14.2 Å². The van der Waals surface area contributed by atoms with Gasteiger partial charge in [0.2, 0.25) is 11.9 Å². The van der Waals surface area contributed by atoms with Crippen molar-refractivity contribution in [2.75, 3.05) is 11.9 Å². The zero-order chi connectivity index (χ0) is 36.5. The standard InChI is InChI=1S/C40H51N5O7/c1-2-3-4-5-6-7-8-9-10-11-12-13-20-25-33(46)42-40-43-36-35(37(47)44-40)41-28-45(36)34-26-31(52-39(49)30-23-18-15-19-24-30)32(51-34)27-50-38(48)29-21-16-14-17-22-29/h14-19,21-24,28,31-32,34H,2-13,20,25-27H2,1H3,(H2,42,43,44,46,47)/t31-,32+,34-/m1/s1. The molecule has 3 heterocycles. The van der Waals surface area contributed by atoms with Crippen LogP contribution < -0.4 is 10.9 Å². The lowest BCUT2D eigenvalue weighted by atomic mass is 10.0. The normalized spacial score (nSPS) is 16.9. The van der Waals surface area contributed by atoms with E-state index in [9.17, 15) is 19.2 Å². The number of hydrogen-bond acceptors (Lipinski definition) is 9. The number of hydrogen-bond donors (Lipinski definition) is 2. The summed E-state index contributed by atoms with van der Waals surface area (Å²) >= 11 is 0. The molecule has 4 aromatic rings. The molecule has 0 spiro atoms. The second-order valence-corrected chi connectivity index (χ2v) is 13.4. The highest BCUT2D eigenvalue weighted by Gasteiger charge is 2.41. The highest BCUT2D eigenvalue weighted by molar-refractivity contribution is 5.90. The number of anilines is 1. The van der Waals surface area contributed by atoms with E-state index in [1.807, 2.05) is 0 Å². The van der Waals surface area contributed by atoms with Crippen molar-refractivity contribution in [3.63, 3.8) is 0 Å². The molecule has 2 aromatic carbocycles. The topological polar surface area (TPSA) is 155 Å². The van der Waals surface area contributed by atoms with Crippen molar-refractivity contribution in [3.05, 3.63) is 88.5 Å². The molecule has 1 aliphatic heterocycles. The molecule has 2 aromatic heterocycles. The van der Waals surface area contributed by atoms with Gasteiger partial charge >= 0.3 is 11.9 Å². The van der Waals surface area contributed by atoms with Crippen LogP contribution >= 0.6 is 0 Å². The quantitative estimate of drug-likeness (QED) is 0.0648. The fourth-order valence-electron chi connectivity index (χ4n) is 6.43. The van der Waals surface area contributed by atoms with Crippen molar-refractivity contribution >= 4 is 35.0 Å². The molecule has 278 valence electrons. The number of ether oxygens (including phenoxy) is 3. The number of rotatable bonds is 21. The van der Waals surface area contributed by atoms with E-state index in [0.29, 0.717) is 17.5 Å². The first-order chi connectivity index (χ1) is 25.4. The van der Waals surface area contributed by atoms with Crippen LogP contribution in [-0.2, 0) is 19.0 Å². The van der Waals surface area contributed by atoms with E-state index in [2.05, 4.69) is 27.2 Å². The molecule has 0 aliphatic carbocycles. The summed E-state index contributed by atoms with van der Waals surface area (Å²) in [5, 5.41) is 2.72. The smallest absolute Gasteiger partial charge is 0.338 e. The summed E-state index contributed by atoms with van der Waals surface area (Å²) in [6, 6.07) is 17.1. The van der Waals surface area contributed by atoms with Crippen LogP contribution in [0.25, 0.3) is 11.2 Å². The van der Waals surface area contributed by atoms with Gasteiger partial charge in [0.25, 0.3) is 5.56 Å². The van der Waals surface area contributed by atoms with Gasteiger partial charge in [-0.25, -0.2) is 14.6 Å². The highest BCUT2D eigenvalue weighted by Crippen LogP contribution is 2.33. The summed E-state index contributed by atoms with van der Waals surface area (Å²) in [4.78, 5) is 62.8. The number of nitrogens with one attached hydrogen (secondary N) is 2. The van der Waals surface area contributed by atoms with E-state index in [-0.39, 0.29) is 36.0 Å². The molecule has 0 saturated carbocycles. The Morgan fingerprint density at radius 2 is 1.40 bits per heavy atom. The van der Waals surface area contributed by atoms with E-state index in [1.54, 1.807) is 65.2 Å². The molecule has 1 saturated heterocycles. The van der Waals surface area contributed by atoms with Crippen LogP contribution in [0.1, 0.15) is 130 Å². The fraction of sp³-hybridized carbons (Fsp3) is 0.500. The average molecular weight is 714 g/mol. The van der Waals surface area contributed by atoms with Crippen LogP contribution in [-0.4, -0.2) is 56.2 Å². The van der Waals surface area contributed by atoms with Gasteiger partial charge < -0.3 is 14.2 Å². The van der Waals surface area contributed by atoms with Gasteiger partial charge in [-0.15, -0.1) is 0 Å². The Balaban J connectivity index is 1.15. The molecule has 0 bridgehead atoms. The number of imidazole rings is 1. The molecule has 12 heteroatoms. The van der Waals surface area contributed by atoms with Gasteiger partial charge in [-0.05, 0) is 30.7 Å².